The maximum atomic E-state index is 13.7. The second-order valence-corrected chi connectivity index (χ2v) is 11.2. The predicted molar refractivity (Wildman–Crippen MR) is 143 cm³/mol. The maximum absolute atomic E-state index is 13.7. The first kappa shape index (κ1) is 27.9. The third-order valence-electron chi connectivity index (χ3n) is 7.67. The van der Waals surface area contributed by atoms with Crippen molar-refractivity contribution in [2.24, 2.45) is 11.8 Å². The first-order chi connectivity index (χ1) is 17.0. The Balaban J connectivity index is 1.72. The SMILES string of the molecule is CC(=C[C@H](C(C)C)N(C)C(=O)[C@@H](NC(=O)C1CCCCN1C)C(C)C)C(=O)N1Cc2ccccc2C1. The summed E-state index contributed by atoms with van der Waals surface area (Å²) in [6.07, 6.45) is 4.86. The van der Waals surface area contributed by atoms with Crippen LogP contribution in [0.4, 0.5) is 0 Å². The Kier molecular flexibility index (Phi) is 9.34. The lowest BCUT2D eigenvalue weighted by atomic mass is 9.96. The highest BCUT2D eigenvalue weighted by molar-refractivity contribution is 5.94. The molecule has 2 heterocycles. The molecule has 0 radical (unpaired) electrons. The van der Waals surface area contributed by atoms with E-state index in [1.807, 2.05) is 64.8 Å². The van der Waals surface area contributed by atoms with E-state index in [-0.39, 0.29) is 41.6 Å². The Morgan fingerprint density at radius 2 is 1.64 bits per heavy atom. The molecule has 1 fully saturated rings. The summed E-state index contributed by atoms with van der Waals surface area (Å²) in [6, 6.07) is 7.07. The Morgan fingerprint density at radius 3 is 2.17 bits per heavy atom. The van der Waals surface area contributed by atoms with E-state index in [2.05, 4.69) is 22.3 Å². The number of likely N-dealkylation sites (N-methyl/N-ethyl adjacent to an activating group) is 2. The van der Waals surface area contributed by atoms with Gasteiger partial charge in [0.15, 0.2) is 0 Å². The quantitative estimate of drug-likeness (QED) is 0.559. The molecule has 2 aliphatic heterocycles. The predicted octanol–water partition coefficient (Wildman–Crippen LogP) is 3.58. The van der Waals surface area contributed by atoms with Crippen LogP contribution in [0.1, 0.15) is 65.0 Å². The van der Waals surface area contributed by atoms with Crippen molar-refractivity contribution >= 4 is 17.7 Å². The number of hydrogen-bond donors (Lipinski definition) is 1. The summed E-state index contributed by atoms with van der Waals surface area (Å²) in [7, 11) is 3.75. The van der Waals surface area contributed by atoms with Crippen molar-refractivity contribution in [2.45, 2.75) is 85.1 Å². The van der Waals surface area contributed by atoms with Crippen LogP contribution in [0.3, 0.4) is 0 Å². The van der Waals surface area contributed by atoms with E-state index < -0.39 is 6.04 Å². The van der Waals surface area contributed by atoms with Crippen LogP contribution in [0.2, 0.25) is 0 Å². The molecule has 198 valence electrons. The number of nitrogens with one attached hydrogen (secondary N) is 1. The van der Waals surface area contributed by atoms with Crippen LogP contribution < -0.4 is 5.32 Å². The fourth-order valence-electron chi connectivity index (χ4n) is 5.34. The Hall–Kier alpha value is -2.67. The van der Waals surface area contributed by atoms with Crippen molar-refractivity contribution < 1.29 is 14.4 Å². The molecule has 3 rings (SSSR count). The molecule has 7 heteroatoms. The number of likely N-dealkylation sites (tertiary alicyclic amines) is 1. The molecule has 3 amide bonds. The molecule has 3 atom stereocenters. The zero-order valence-electron chi connectivity index (χ0n) is 23.1. The van der Waals surface area contributed by atoms with Gasteiger partial charge in [0.25, 0.3) is 0 Å². The molecule has 1 aromatic carbocycles. The first-order valence-electron chi connectivity index (χ1n) is 13.3. The molecule has 0 bridgehead atoms. The zero-order chi connectivity index (χ0) is 26.6. The van der Waals surface area contributed by atoms with E-state index in [1.165, 1.54) is 11.1 Å². The van der Waals surface area contributed by atoms with Gasteiger partial charge in [0.05, 0.1) is 12.1 Å². The number of hydrogen-bond acceptors (Lipinski definition) is 4. The molecule has 0 spiro atoms. The Morgan fingerprint density at radius 1 is 1.03 bits per heavy atom. The Labute approximate surface area is 216 Å². The van der Waals surface area contributed by atoms with E-state index in [1.54, 1.807) is 11.9 Å². The van der Waals surface area contributed by atoms with Crippen molar-refractivity contribution in [3.63, 3.8) is 0 Å². The summed E-state index contributed by atoms with van der Waals surface area (Å²) in [6.45, 7) is 12.0. The first-order valence-corrected chi connectivity index (χ1v) is 13.3. The van der Waals surface area contributed by atoms with E-state index in [0.717, 1.165) is 25.8 Å². The largest absolute Gasteiger partial charge is 0.343 e. The average Bonchev–Trinajstić information content (AvgIpc) is 3.28. The number of carbonyl (C=O) groups is 3. The highest BCUT2D eigenvalue weighted by atomic mass is 16.2. The number of amides is 3. The molecular formula is C29H44N4O3. The van der Waals surface area contributed by atoms with Crippen molar-refractivity contribution in [2.75, 3.05) is 20.6 Å². The van der Waals surface area contributed by atoms with Gasteiger partial charge in [-0.15, -0.1) is 0 Å². The maximum Gasteiger partial charge on any atom is 0.249 e. The number of benzene rings is 1. The summed E-state index contributed by atoms with van der Waals surface area (Å²) in [5, 5.41) is 3.05. The van der Waals surface area contributed by atoms with Gasteiger partial charge in [-0.05, 0) is 56.3 Å². The van der Waals surface area contributed by atoms with Gasteiger partial charge >= 0.3 is 0 Å². The number of nitrogens with zero attached hydrogens (tertiary/aromatic N) is 3. The van der Waals surface area contributed by atoms with Gasteiger partial charge < -0.3 is 15.1 Å². The van der Waals surface area contributed by atoms with E-state index in [9.17, 15) is 14.4 Å². The van der Waals surface area contributed by atoms with E-state index in [0.29, 0.717) is 18.7 Å². The second-order valence-electron chi connectivity index (χ2n) is 11.2. The van der Waals surface area contributed by atoms with Crippen LogP contribution in [0.5, 0.6) is 0 Å². The number of carbonyl (C=O) groups excluding carboxylic acids is 3. The van der Waals surface area contributed by atoms with E-state index in [4.69, 9.17) is 0 Å². The summed E-state index contributed by atoms with van der Waals surface area (Å²) in [5.41, 5.74) is 3.01. The van der Waals surface area contributed by atoms with E-state index >= 15 is 0 Å². The topological polar surface area (TPSA) is 73.0 Å². The van der Waals surface area contributed by atoms with Crippen LogP contribution >= 0.6 is 0 Å². The third-order valence-corrected chi connectivity index (χ3v) is 7.67. The molecule has 0 saturated carbocycles. The average molecular weight is 497 g/mol. The highest BCUT2D eigenvalue weighted by Crippen LogP contribution is 2.25. The molecular weight excluding hydrogens is 452 g/mol. The van der Waals surface area contributed by atoms with Crippen LogP contribution in [0, 0.1) is 11.8 Å². The minimum atomic E-state index is -0.614. The molecule has 36 heavy (non-hydrogen) atoms. The van der Waals surface area contributed by atoms with Crippen molar-refractivity contribution in [3.05, 3.63) is 47.0 Å². The standard InChI is InChI=1S/C29H44N4O3/c1-19(2)25(16-21(5)28(35)33-17-22-12-8-9-13-23(22)18-33)32(7)29(36)26(20(3)4)30-27(34)24-14-10-11-15-31(24)6/h8-9,12-13,16,19-20,24-26H,10-11,14-15,17-18H2,1-7H3,(H,30,34)/t24?,25-,26+/m1/s1. The molecule has 7 nitrogen and oxygen atoms in total. The molecule has 1 N–H and O–H groups in total. The lowest BCUT2D eigenvalue weighted by Gasteiger charge is -2.36. The summed E-state index contributed by atoms with van der Waals surface area (Å²) in [5.74, 6) is -0.160. The van der Waals surface area contributed by atoms with Crippen LogP contribution in [0.25, 0.3) is 0 Å². The van der Waals surface area contributed by atoms with Crippen LogP contribution in [-0.2, 0) is 27.5 Å². The fourth-order valence-corrected chi connectivity index (χ4v) is 5.34. The number of piperidine rings is 1. The molecule has 1 aromatic rings. The zero-order valence-corrected chi connectivity index (χ0v) is 23.1. The Bertz CT molecular complexity index is 961. The summed E-state index contributed by atoms with van der Waals surface area (Å²) < 4.78 is 0. The third kappa shape index (κ3) is 6.36. The van der Waals surface area contributed by atoms with Crippen molar-refractivity contribution in [1.82, 2.24) is 20.0 Å². The molecule has 1 unspecified atom stereocenters. The molecule has 1 saturated heterocycles. The normalized spacial score (nSPS) is 20.3. The fraction of sp³-hybridized carbons (Fsp3) is 0.621. The van der Waals surface area contributed by atoms with Crippen molar-refractivity contribution in [3.8, 4) is 0 Å². The molecule has 0 aliphatic carbocycles. The number of rotatable bonds is 8. The van der Waals surface area contributed by atoms with Gasteiger partial charge in [0, 0.05) is 25.7 Å². The van der Waals surface area contributed by atoms with Crippen LogP contribution in [-0.4, -0.2) is 71.2 Å². The lowest BCUT2D eigenvalue weighted by Crippen LogP contribution is -2.57. The van der Waals surface area contributed by atoms with Gasteiger partial charge in [-0.25, -0.2) is 0 Å². The smallest absolute Gasteiger partial charge is 0.249 e. The number of fused-ring (bicyclic) bond motifs is 1. The van der Waals surface area contributed by atoms with Gasteiger partial charge in [-0.1, -0.05) is 64.5 Å². The minimum Gasteiger partial charge on any atom is -0.343 e. The molecule has 2 aliphatic rings. The second kappa shape index (κ2) is 12.0. The van der Waals surface area contributed by atoms with Crippen LogP contribution in [0.15, 0.2) is 35.9 Å². The van der Waals surface area contributed by atoms with Gasteiger partial charge in [-0.2, -0.15) is 0 Å². The summed E-state index contributed by atoms with van der Waals surface area (Å²) in [4.78, 5) is 45.6. The van der Waals surface area contributed by atoms with Crippen molar-refractivity contribution in [1.29, 1.82) is 0 Å². The minimum absolute atomic E-state index is 0.00764. The highest BCUT2D eigenvalue weighted by Gasteiger charge is 2.34. The lowest BCUT2D eigenvalue weighted by molar-refractivity contribution is -0.139. The monoisotopic (exact) mass is 496 g/mol. The summed E-state index contributed by atoms with van der Waals surface area (Å²) >= 11 is 0. The van der Waals surface area contributed by atoms with Gasteiger partial charge in [-0.3, -0.25) is 19.3 Å². The van der Waals surface area contributed by atoms with Gasteiger partial charge in [0.2, 0.25) is 17.7 Å². The van der Waals surface area contributed by atoms with Gasteiger partial charge in [0.1, 0.15) is 6.04 Å². The molecule has 0 aromatic heterocycles.